The SMILES string of the molecule is CN(c1ccc(C2CCOCC2)cc1)c1ccc2c(c1)CC[C@H]2CNc1cnccc1C(O)O. The lowest BCUT2D eigenvalue weighted by molar-refractivity contribution is -0.0419. The van der Waals surface area contributed by atoms with Gasteiger partial charge >= 0.3 is 0 Å². The van der Waals surface area contributed by atoms with Crippen LogP contribution in [0.2, 0.25) is 0 Å². The number of hydrogen-bond acceptors (Lipinski definition) is 6. The summed E-state index contributed by atoms with van der Waals surface area (Å²) in [6.07, 6.45) is 6.06. The number of pyridine rings is 1. The summed E-state index contributed by atoms with van der Waals surface area (Å²) in [6.45, 7) is 2.47. The number of ether oxygens (including phenoxy) is 1. The first kappa shape index (κ1) is 22.8. The minimum atomic E-state index is -1.51. The Bertz CT molecular complexity index is 1110. The number of nitrogens with one attached hydrogen (secondary N) is 1. The van der Waals surface area contributed by atoms with Crippen molar-refractivity contribution in [3.63, 3.8) is 0 Å². The Morgan fingerprint density at radius 1 is 1.03 bits per heavy atom. The van der Waals surface area contributed by atoms with E-state index in [1.807, 2.05) is 0 Å². The molecule has 0 amide bonds. The number of fused-ring (bicyclic) bond motifs is 1. The van der Waals surface area contributed by atoms with Crippen LogP contribution in [0.25, 0.3) is 0 Å². The van der Waals surface area contributed by atoms with E-state index in [9.17, 15) is 10.2 Å². The first-order valence-electron chi connectivity index (χ1n) is 12.2. The summed E-state index contributed by atoms with van der Waals surface area (Å²) in [4.78, 5) is 6.37. The summed E-state index contributed by atoms with van der Waals surface area (Å²) >= 11 is 0. The van der Waals surface area contributed by atoms with Gasteiger partial charge in [0.1, 0.15) is 0 Å². The molecule has 1 fully saturated rings. The molecule has 2 heterocycles. The zero-order chi connectivity index (χ0) is 23.5. The Morgan fingerprint density at radius 3 is 2.56 bits per heavy atom. The molecule has 5 rings (SSSR count). The van der Waals surface area contributed by atoms with Gasteiger partial charge in [-0.2, -0.15) is 0 Å². The predicted octanol–water partition coefficient (Wildman–Crippen LogP) is 4.87. The van der Waals surface area contributed by atoms with Crippen molar-refractivity contribution in [3.8, 4) is 0 Å². The Labute approximate surface area is 201 Å². The van der Waals surface area contributed by atoms with Crippen molar-refractivity contribution in [1.82, 2.24) is 4.98 Å². The van der Waals surface area contributed by atoms with Crippen LogP contribution in [0.5, 0.6) is 0 Å². The first-order chi connectivity index (χ1) is 16.6. The van der Waals surface area contributed by atoms with E-state index in [2.05, 4.69) is 64.7 Å². The summed E-state index contributed by atoms with van der Waals surface area (Å²) in [5, 5.41) is 22.6. The van der Waals surface area contributed by atoms with E-state index in [0.29, 0.717) is 23.1 Å². The van der Waals surface area contributed by atoms with E-state index in [1.165, 1.54) is 28.1 Å². The molecule has 34 heavy (non-hydrogen) atoms. The summed E-state index contributed by atoms with van der Waals surface area (Å²) in [5.41, 5.74) is 7.69. The third-order valence-corrected chi connectivity index (χ3v) is 7.36. The second-order valence-electron chi connectivity index (χ2n) is 9.37. The molecule has 1 saturated heterocycles. The van der Waals surface area contributed by atoms with Crippen LogP contribution in [0.1, 0.15) is 59.6 Å². The van der Waals surface area contributed by atoms with Gasteiger partial charge in [0.25, 0.3) is 0 Å². The first-order valence-corrected chi connectivity index (χ1v) is 12.2. The number of rotatable bonds is 7. The molecule has 0 saturated carbocycles. The third-order valence-electron chi connectivity index (χ3n) is 7.36. The molecule has 2 aliphatic rings. The summed E-state index contributed by atoms with van der Waals surface area (Å²) in [7, 11) is 2.13. The summed E-state index contributed by atoms with van der Waals surface area (Å²) in [5.74, 6) is 0.999. The van der Waals surface area contributed by atoms with Gasteiger partial charge in [0.05, 0.1) is 11.9 Å². The quantitative estimate of drug-likeness (QED) is 0.438. The van der Waals surface area contributed by atoms with E-state index >= 15 is 0 Å². The number of nitrogens with zero attached hydrogens (tertiary/aromatic N) is 2. The topological polar surface area (TPSA) is 77.9 Å². The van der Waals surface area contributed by atoms with Crippen LogP contribution in [-0.2, 0) is 11.2 Å². The molecule has 178 valence electrons. The molecule has 1 aromatic heterocycles. The maximum absolute atomic E-state index is 9.59. The van der Waals surface area contributed by atoms with E-state index in [4.69, 9.17) is 4.74 Å². The smallest absolute Gasteiger partial charge is 0.180 e. The van der Waals surface area contributed by atoms with Crippen molar-refractivity contribution in [3.05, 3.63) is 83.2 Å². The van der Waals surface area contributed by atoms with Crippen LogP contribution >= 0.6 is 0 Å². The van der Waals surface area contributed by atoms with Gasteiger partial charge in [-0.25, -0.2) is 0 Å². The number of hydrogen-bond donors (Lipinski definition) is 3. The largest absolute Gasteiger partial charge is 0.383 e. The molecule has 2 aromatic carbocycles. The third kappa shape index (κ3) is 4.80. The Morgan fingerprint density at radius 2 is 1.79 bits per heavy atom. The second kappa shape index (κ2) is 10.1. The van der Waals surface area contributed by atoms with Crippen LogP contribution in [0, 0.1) is 0 Å². The van der Waals surface area contributed by atoms with Crippen LogP contribution in [0.3, 0.4) is 0 Å². The predicted molar refractivity (Wildman–Crippen MR) is 135 cm³/mol. The maximum Gasteiger partial charge on any atom is 0.180 e. The van der Waals surface area contributed by atoms with Gasteiger partial charge in [-0.3, -0.25) is 4.98 Å². The van der Waals surface area contributed by atoms with Crippen LogP contribution in [0.15, 0.2) is 60.9 Å². The molecule has 3 N–H and O–H groups in total. The molecule has 6 heteroatoms. The number of aryl methyl sites for hydroxylation is 1. The van der Waals surface area contributed by atoms with Crippen LogP contribution in [-0.4, -0.2) is 42.0 Å². The fraction of sp³-hybridized carbons (Fsp3) is 0.393. The normalized spacial score (nSPS) is 18.2. The average Bonchev–Trinajstić information content (AvgIpc) is 3.30. The van der Waals surface area contributed by atoms with Gasteiger partial charge in [-0.05, 0) is 78.6 Å². The summed E-state index contributed by atoms with van der Waals surface area (Å²) < 4.78 is 5.50. The molecule has 3 aromatic rings. The monoisotopic (exact) mass is 459 g/mol. The van der Waals surface area contributed by atoms with E-state index in [0.717, 1.165) is 45.4 Å². The van der Waals surface area contributed by atoms with E-state index in [1.54, 1.807) is 18.5 Å². The zero-order valence-electron chi connectivity index (χ0n) is 19.7. The van der Waals surface area contributed by atoms with Crippen molar-refractivity contribution in [2.75, 3.05) is 37.0 Å². The number of aliphatic hydroxyl groups is 2. The molecular formula is C28H33N3O3. The van der Waals surface area contributed by atoms with Crippen molar-refractivity contribution >= 4 is 17.1 Å². The zero-order valence-corrected chi connectivity index (χ0v) is 19.7. The Hall–Kier alpha value is -2.93. The van der Waals surface area contributed by atoms with Crippen LogP contribution in [0.4, 0.5) is 17.1 Å². The maximum atomic E-state index is 9.59. The number of benzene rings is 2. The van der Waals surface area contributed by atoms with Crippen molar-refractivity contribution in [2.24, 2.45) is 0 Å². The fourth-order valence-corrected chi connectivity index (χ4v) is 5.27. The Balaban J connectivity index is 1.26. The molecular weight excluding hydrogens is 426 g/mol. The highest BCUT2D eigenvalue weighted by Gasteiger charge is 2.24. The average molecular weight is 460 g/mol. The van der Waals surface area contributed by atoms with Crippen molar-refractivity contribution in [1.29, 1.82) is 0 Å². The fourth-order valence-electron chi connectivity index (χ4n) is 5.27. The molecule has 1 aliphatic heterocycles. The van der Waals surface area contributed by atoms with Gasteiger partial charge in [0.2, 0.25) is 0 Å². The van der Waals surface area contributed by atoms with Gasteiger partial charge in [-0.15, -0.1) is 0 Å². The van der Waals surface area contributed by atoms with E-state index in [-0.39, 0.29) is 0 Å². The van der Waals surface area contributed by atoms with Crippen LogP contribution < -0.4 is 10.2 Å². The lowest BCUT2D eigenvalue weighted by atomic mass is 9.91. The molecule has 1 atom stereocenters. The standard InChI is InChI=1S/C28H33N3O3/c1-31(23-6-4-19(5-7-23)20-11-14-34-15-12-20)24-8-9-25-21(16-24)2-3-22(25)17-30-27-18-29-13-10-26(27)28(32)33/h4-10,13,16,18,20,22,28,30,32-33H,2-3,11-12,14-15,17H2,1H3/t22-/m0/s1. The Kier molecular flexibility index (Phi) is 6.81. The molecule has 6 nitrogen and oxygen atoms in total. The van der Waals surface area contributed by atoms with Crippen molar-refractivity contribution in [2.45, 2.75) is 43.8 Å². The molecule has 0 bridgehead atoms. The lowest BCUT2D eigenvalue weighted by Crippen LogP contribution is -2.14. The number of anilines is 3. The van der Waals surface area contributed by atoms with Gasteiger partial charge in [-0.1, -0.05) is 18.2 Å². The van der Waals surface area contributed by atoms with E-state index < -0.39 is 6.29 Å². The number of aliphatic hydroxyl groups excluding tert-OH is 1. The number of aromatic nitrogens is 1. The molecule has 0 unspecified atom stereocenters. The highest BCUT2D eigenvalue weighted by molar-refractivity contribution is 5.65. The van der Waals surface area contributed by atoms with Gasteiger partial charge < -0.3 is 25.2 Å². The highest BCUT2D eigenvalue weighted by Crippen LogP contribution is 2.37. The highest BCUT2D eigenvalue weighted by atomic mass is 16.5. The minimum absolute atomic E-state index is 0.386. The second-order valence-corrected chi connectivity index (χ2v) is 9.37. The summed E-state index contributed by atoms with van der Waals surface area (Å²) in [6, 6.07) is 17.4. The van der Waals surface area contributed by atoms with Crippen molar-refractivity contribution < 1.29 is 14.9 Å². The molecule has 0 radical (unpaired) electrons. The molecule has 1 aliphatic carbocycles. The lowest BCUT2D eigenvalue weighted by Gasteiger charge is -2.24. The molecule has 0 spiro atoms. The van der Waals surface area contributed by atoms with Gasteiger partial charge in [0.15, 0.2) is 6.29 Å². The van der Waals surface area contributed by atoms with Gasteiger partial charge in [0, 0.05) is 55.9 Å². The minimum Gasteiger partial charge on any atom is -0.383 e.